The normalized spacial score (nSPS) is 12.1. The molecule has 0 saturated heterocycles. The highest BCUT2D eigenvalue weighted by molar-refractivity contribution is 7.99. The first-order valence-electron chi connectivity index (χ1n) is 5.11. The van der Waals surface area contributed by atoms with Crippen LogP contribution in [0.5, 0.6) is 0 Å². The van der Waals surface area contributed by atoms with Crippen LogP contribution >= 0.6 is 11.8 Å². The molecule has 0 radical (unpaired) electrons. The predicted octanol–water partition coefficient (Wildman–Crippen LogP) is 4.03. The van der Waals surface area contributed by atoms with Crippen molar-refractivity contribution in [2.24, 2.45) is 0 Å². The van der Waals surface area contributed by atoms with E-state index in [0.717, 1.165) is 11.3 Å². The summed E-state index contributed by atoms with van der Waals surface area (Å²) < 4.78 is 12.7. The molecule has 1 atom stereocenters. The van der Waals surface area contributed by atoms with Crippen LogP contribution in [0.1, 0.15) is 30.6 Å². The highest BCUT2D eigenvalue weighted by atomic mass is 32.2. The molecule has 0 fully saturated rings. The number of terminal acetylenes is 1. The van der Waals surface area contributed by atoms with Crippen LogP contribution in [0.3, 0.4) is 0 Å². The number of rotatable bonds is 5. The van der Waals surface area contributed by atoms with Gasteiger partial charge in [0, 0.05) is 0 Å². The van der Waals surface area contributed by atoms with Crippen LogP contribution in [0.15, 0.2) is 24.3 Å². The quantitative estimate of drug-likeness (QED) is 0.535. The van der Waals surface area contributed by atoms with Crippen LogP contribution in [0, 0.1) is 18.2 Å². The second-order valence-electron chi connectivity index (χ2n) is 3.32. The maximum atomic E-state index is 12.7. The predicted molar refractivity (Wildman–Crippen MR) is 65.3 cm³/mol. The first kappa shape index (κ1) is 12.1. The Morgan fingerprint density at radius 3 is 2.60 bits per heavy atom. The molecule has 1 unspecified atom stereocenters. The van der Waals surface area contributed by atoms with Crippen molar-refractivity contribution in [3.63, 3.8) is 0 Å². The fourth-order valence-corrected chi connectivity index (χ4v) is 2.36. The summed E-state index contributed by atoms with van der Waals surface area (Å²) in [7, 11) is 0. The van der Waals surface area contributed by atoms with Crippen molar-refractivity contribution in [3.8, 4) is 12.3 Å². The number of hydrogen-bond donors (Lipinski definition) is 0. The van der Waals surface area contributed by atoms with Crippen molar-refractivity contribution in [2.75, 3.05) is 5.75 Å². The van der Waals surface area contributed by atoms with E-state index in [1.807, 2.05) is 0 Å². The summed E-state index contributed by atoms with van der Waals surface area (Å²) in [4.78, 5) is 0. The van der Waals surface area contributed by atoms with E-state index < -0.39 is 0 Å². The average Bonchev–Trinajstić information content (AvgIpc) is 2.26. The zero-order valence-electron chi connectivity index (χ0n) is 8.87. The molecule has 80 valence electrons. The average molecular weight is 222 g/mol. The highest BCUT2D eigenvalue weighted by Crippen LogP contribution is 2.28. The molecule has 0 spiro atoms. The van der Waals surface area contributed by atoms with Gasteiger partial charge in [0.05, 0.1) is 5.25 Å². The van der Waals surface area contributed by atoms with Gasteiger partial charge < -0.3 is 0 Å². The minimum absolute atomic E-state index is 0.0529. The van der Waals surface area contributed by atoms with Gasteiger partial charge >= 0.3 is 0 Å². The van der Waals surface area contributed by atoms with Crippen LogP contribution in [0.25, 0.3) is 0 Å². The molecule has 0 aliphatic rings. The van der Waals surface area contributed by atoms with Gasteiger partial charge in [0.25, 0.3) is 0 Å². The molecule has 1 rings (SSSR count). The minimum atomic E-state index is -0.215. The maximum absolute atomic E-state index is 12.7. The number of hydrogen-bond acceptors (Lipinski definition) is 1. The lowest BCUT2D eigenvalue weighted by atomic mass is 10.1. The lowest BCUT2D eigenvalue weighted by Gasteiger charge is -2.10. The summed E-state index contributed by atoms with van der Waals surface area (Å²) >= 11 is 1.75. The fraction of sp³-hybridized carbons (Fsp3) is 0.385. The van der Waals surface area contributed by atoms with Crippen molar-refractivity contribution in [3.05, 3.63) is 35.6 Å². The largest absolute Gasteiger partial charge is 0.207 e. The van der Waals surface area contributed by atoms with E-state index >= 15 is 0 Å². The molecule has 0 saturated carbocycles. The maximum Gasteiger partial charge on any atom is 0.123 e. The Hall–Kier alpha value is -0.940. The van der Waals surface area contributed by atoms with Crippen molar-refractivity contribution < 1.29 is 4.39 Å². The van der Waals surface area contributed by atoms with E-state index in [1.165, 1.54) is 25.0 Å². The molecule has 0 amide bonds. The van der Waals surface area contributed by atoms with E-state index in [4.69, 9.17) is 6.42 Å². The molecule has 1 aromatic carbocycles. The molecular weight excluding hydrogens is 207 g/mol. The standard InChI is InChI=1S/C13H15FS/c1-3-5-10-15-13(4-2)11-6-8-12(14)9-7-11/h2,6-9,13H,3,5,10H2,1H3. The summed E-state index contributed by atoms with van der Waals surface area (Å²) in [5.74, 6) is 3.58. The van der Waals surface area contributed by atoms with Gasteiger partial charge in [-0.25, -0.2) is 4.39 Å². The molecule has 1 aromatic rings. The zero-order valence-corrected chi connectivity index (χ0v) is 9.69. The Kier molecular flexibility index (Phi) is 5.28. The summed E-state index contributed by atoms with van der Waals surface area (Å²) in [5.41, 5.74) is 1.01. The SMILES string of the molecule is C#CC(SCCCC)c1ccc(F)cc1. The second-order valence-corrected chi connectivity index (χ2v) is 4.54. The minimum Gasteiger partial charge on any atom is -0.207 e. The van der Waals surface area contributed by atoms with E-state index in [0.29, 0.717) is 0 Å². The zero-order chi connectivity index (χ0) is 11.1. The summed E-state index contributed by atoms with van der Waals surface area (Å²) in [6.07, 6.45) is 7.81. The van der Waals surface area contributed by atoms with Crippen LogP contribution in [0.4, 0.5) is 4.39 Å². The molecule has 0 heterocycles. The number of unbranched alkanes of at least 4 members (excludes halogenated alkanes) is 1. The van der Waals surface area contributed by atoms with Gasteiger partial charge in [-0.05, 0) is 29.9 Å². The van der Waals surface area contributed by atoms with Gasteiger partial charge in [-0.3, -0.25) is 0 Å². The topological polar surface area (TPSA) is 0 Å². The molecule has 0 aliphatic carbocycles. The highest BCUT2D eigenvalue weighted by Gasteiger charge is 2.07. The van der Waals surface area contributed by atoms with E-state index in [-0.39, 0.29) is 11.1 Å². The number of benzene rings is 1. The third-order valence-electron chi connectivity index (χ3n) is 2.11. The fourth-order valence-electron chi connectivity index (χ4n) is 1.22. The summed E-state index contributed by atoms with van der Waals surface area (Å²) in [5, 5.41) is 0.0529. The monoisotopic (exact) mass is 222 g/mol. The Morgan fingerprint density at radius 1 is 1.40 bits per heavy atom. The van der Waals surface area contributed by atoms with Crippen LogP contribution in [-0.2, 0) is 0 Å². The summed E-state index contributed by atoms with van der Waals surface area (Å²) in [6, 6.07) is 6.44. The van der Waals surface area contributed by atoms with Gasteiger partial charge in [0.15, 0.2) is 0 Å². The van der Waals surface area contributed by atoms with Crippen LogP contribution < -0.4 is 0 Å². The van der Waals surface area contributed by atoms with E-state index in [2.05, 4.69) is 12.8 Å². The van der Waals surface area contributed by atoms with Gasteiger partial charge in [-0.15, -0.1) is 18.2 Å². The van der Waals surface area contributed by atoms with Crippen LogP contribution in [0.2, 0.25) is 0 Å². The molecular formula is C13H15FS. The van der Waals surface area contributed by atoms with Gasteiger partial charge in [0.2, 0.25) is 0 Å². The smallest absolute Gasteiger partial charge is 0.123 e. The van der Waals surface area contributed by atoms with Gasteiger partial charge in [-0.1, -0.05) is 31.4 Å². The molecule has 15 heavy (non-hydrogen) atoms. The lowest BCUT2D eigenvalue weighted by molar-refractivity contribution is 0.627. The molecule has 0 bridgehead atoms. The molecule has 0 aromatic heterocycles. The third kappa shape index (κ3) is 3.97. The van der Waals surface area contributed by atoms with Gasteiger partial charge in [0.1, 0.15) is 5.82 Å². The number of thioether (sulfide) groups is 1. The Morgan fingerprint density at radius 2 is 2.07 bits per heavy atom. The van der Waals surface area contributed by atoms with Crippen molar-refractivity contribution >= 4 is 11.8 Å². The van der Waals surface area contributed by atoms with E-state index in [1.54, 1.807) is 23.9 Å². The molecule has 0 nitrogen and oxygen atoms in total. The lowest BCUT2D eigenvalue weighted by Crippen LogP contribution is -1.92. The van der Waals surface area contributed by atoms with Crippen molar-refractivity contribution in [1.82, 2.24) is 0 Å². The Labute approximate surface area is 95.3 Å². The van der Waals surface area contributed by atoms with Crippen molar-refractivity contribution in [2.45, 2.75) is 25.0 Å². The summed E-state index contributed by atoms with van der Waals surface area (Å²) in [6.45, 7) is 2.16. The Balaban J connectivity index is 2.59. The first-order valence-corrected chi connectivity index (χ1v) is 6.16. The third-order valence-corrected chi connectivity index (χ3v) is 3.37. The second kappa shape index (κ2) is 6.53. The van der Waals surface area contributed by atoms with Crippen molar-refractivity contribution in [1.29, 1.82) is 0 Å². The Bertz CT molecular complexity index is 323. The van der Waals surface area contributed by atoms with Crippen LogP contribution in [-0.4, -0.2) is 5.75 Å². The molecule has 0 aliphatic heterocycles. The first-order chi connectivity index (χ1) is 7.27. The molecule has 2 heteroatoms. The van der Waals surface area contributed by atoms with Gasteiger partial charge in [-0.2, -0.15) is 0 Å². The number of halogens is 1. The molecule has 0 N–H and O–H groups in total. The van der Waals surface area contributed by atoms with E-state index in [9.17, 15) is 4.39 Å².